The molecule has 5 nitrogen and oxygen atoms in total. The van der Waals surface area contributed by atoms with E-state index in [9.17, 15) is 0 Å². The summed E-state index contributed by atoms with van der Waals surface area (Å²) in [7, 11) is 3.25. The van der Waals surface area contributed by atoms with E-state index < -0.39 is 0 Å². The van der Waals surface area contributed by atoms with Crippen molar-refractivity contribution in [1.82, 2.24) is 0 Å². The normalized spacial score (nSPS) is 11.3. The first-order chi connectivity index (χ1) is 10.7. The Balaban J connectivity index is 2.11. The smallest absolute Gasteiger partial charge is 0.161 e. The van der Waals surface area contributed by atoms with Gasteiger partial charge in [0.2, 0.25) is 0 Å². The zero-order valence-electron chi connectivity index (χ0n) is 12.9. The molecule has 0 bridgehead atoms. The summed E-state index contributed by atoms with van der Waals surface area (Å²) >= 11 is 0. The standard InChI is InChI=1S/C17H21N3O2/c1-20-17(19)14-7-8-15(16(9-14)21-2)22-11-13-5-3-12(10-18)4-6-13/h3-9H,10-11,18H2,1-2H3,(H2,19,20). The van der Waals surface area contributed by atoms with Crippen LogP contribution in [-0.4, -0.2) is 20.0 Å². The van der Waals surface area contributed by atoms with E-state index >= 15 is 0 Å². The Morgan fingerprint density at radius 3 is 2.32 bits per heavy atom. The Hall–Kier alpha value is -2.53. The lowest BCUT2D eigenvalue weighted by molar-refractivity contribution is 0.284. The van der Waals surface area contributed by atoms with Gasteiger partial charge in [-0.25, -0.2) is 0 Å². The van der Waals surface area contributed by atoms with Crippen molar-refractivity contribution in [3.05, 3.63) is 59.2 Å². The van der Waals surface area contributed by atoms with Crippen LogP contribution in [0.15, 0.2) is 47.5 Å². The van der Waals surface area contributed by atoms with E-state index in [0.717, 1.165) is 16.7 Å². The molecule has 0 fully saturated rings. The molecule has 116 valence electrons. The monoisotopic (exact) mass is 299 g/mol. The first-order valence-electron chi connectivity index (χ1n) is 6.99. The van der Waals surface area contributed by atoms with E-state index in [4.69, 9.17) is 20.9 Å². The maximum atomic E-state index is 5.82. The molecule has 0 spiro atoms. The highest BCUT2D eigenvalue weighted by Gasteiger charge is 2.08. The molecular weight excluding hydrogens is 278 g/mol. The molecule has 2 aromatic rings. The quantitative estimate of drug-likeness (QED) is 0.632. The molecule has 0 aromatic heterocycles. The van der Waals surface area contributed by atoms with Gasteiger partial charge in [-0.2, -0.15) is 0 Å². The van der Waals surface area contributed by atoms with E-state index in [1.165, 1.54) is 0 Å². The number of rotatable bonds is 6. The van der Waals surface area contributed by atoms with Gasteiger partial charge in [-0.05, 0) is 29.3 Å². The molecule has 5 heteroatoms. The number of nitrogens with zero attached hydrogens (tertiary/aromatic N) is 1. The predicted molar refractivity (Wildman–Crippen MR) is 88.3 cm³/mol. The molecule has 2 aromatic carbocycles. The minimum absolute atomic E-state index is 0.456. The molecule has 0 saturated carbocycles. The molecule has 0 aliphatic heterocycles. The number of hydrogen-bond acceptors (Lipinski definition) is 4. The number of methoxy groups -OCH3 is 1. The molecule has 0 radical (unpaired) electrons. The fraction of sp³-hybridized carbons (Fsp3) is 0.235. The van der Waals surface area contributed by atoms with Gasteiger partial charge in [0.15, 0.2) is 11.5 Å². The van der Waals surface area contributed by atoms with Crippen molar-refractivity contribution >= 4 is 5.84 Å². The van der Waals surface area contributed by atoms with Crippen molar-refractivity contribution in [3.8, 4) is 11.5 Å². The number of benzene rings is 2. The molecule has 0 unspecified atom stereocenters. The summed E-state index contributed by atoms with van der Waals surface area (Å²) in [6.07, 6.45) is 0. The van der Waals surface area contributed by atoms with E-state index in [1.54, 1.807) is 14.2 Å². The zero-order chi connectivity index (χ0) is 15.9. The van der Waals surface area contributed by atoms with Gasteiger partial charge in [0.1, 0.15) is 12.4 Å². The van der Waals surface area contributed by atoms with Crippen molar-refractivity contribution in [2.75, 3.05) is 14.2 Å². The third-order valence-corrected chi connectivity index (χ3v) is 3.35. The SMILES string of the molecule is CN=C(N)c1ccc(OCc2ccc(CN)cc2)c(OC)c1. The maximum Gasteiger partial charge on any atom is 0.161 e. The Bertz CT molecular complexity index is 651. The van der Waals surface area contributed by atoms with Crippen LogP contribution < -0.4 is 20.9 Å². The lowest BCUT2D eigenvalue weighted by atomic mass is 10.1. The van der Waals surface area contributed by atoms with Gasteiger partial charge < -0.3 is 20.9 Å². The summed E-state index contributed by atoms with van der Waals surface area (Å²) in [4.78, 5) is 3.96. The zero-order valence-corrected chi connectivity index (χ0v) is 12.9. The summed E-state index contributed by atoms with van der Waals surface area (Å²) in [5.41, 5.74) is 14.4. The van der Waals surface area contributed by atoms with Crippen LogP contribution in [0.1, 0.15) is 16.7 Å². The van der Waals surface area contributed by atoms with Gasteiger partial charge in [0.25, 0.3) is 0 Å². The molecule has 0 aliphatic rings. The van der Waals surface area contributed by atoms with Crippen LogP contribution in [0.2, 0.25) is 0 Å². The van der Waals surface area contributed by atoms with Crippen LogP contribution in [0, 0.1) is 0 Å². The molecule has 0 aliphatic carbocycles. The molecule has 4 N–H and O–H groups in total. The highest BCUT2D eigenvalue weighted by atomic mass is 16.5. The summed E-state index contributed by atoms with van der Waals surface area (Å²) in [5.74, 6) is 1.75. The Morgan fingerprint density at radius 1 is 1.05 bits per heavy atom. The topological polar surface area (TPSA) is 82.9 Å². The van der Waals surface area contributed by atoms with Crippen molar-refractivity contribution in [2.24, 2.45) is 16.5 Å². The van der Waals surface area contributed by atoms with E-state index in [0.29, 0.717) is 30.5 Å². The number of amidine groups is 1. The Labute approximate surface area is 130 Å². The van der Waals surface area contributed by atoms with Gasteiger partial charge in [-0.3, -0.25) is 4.99 Å². The molecular formula is C17H21N3O2. The number of hydrogen-bond donors (Lipinski definition) is 2. The first kappa shape index (κ1) is 15.9. The van der Waals surface area contributed by atoms with E-state index in [-0.39, 0.29) is 0 Å². The second-order valence-corrected chi connectivity index (χ2v) is 4.78. The molecule has 22 heavy (non-hydrogen) atoms. The van der Waals surface area contributed by atoms with E-state index in [1.807, 2.05) is 42.5 Å². The highest BCUT2D eigenvalue weighted by Crippen LogP contribution is 2.28. The fourth-order valence-electron chi connectivity index (χ4n) is 2.01. The highest BCUT2D eigenvalue weighted by molar-refractivity contribution is 5.97. The van der Waals surface area contributed by atoms with Crippen molar-refractivity contribution in [1.29, 1.82) is 0 Å². The summed E-state index contributed by atoms with van der Waals surface area (Å²) in [5, 5.41) is 0. The summed E-state index contributed by atoms with van der Waals surface area (Å²) < 4.78 is 11.2. The average Bonchev–Trinajstić information content (AvgIpc) is 2.59. The number of aliphatic imine (C=N–C) groups is 1. The molecule has 0 atom stereocenters. The number of nitrogens with two attached hydrogens (primary N) is 2. The van der Waals surface area contributed by atoms with E-state index in [2.05, 4.69) is 4.99 Å². The second-order valence-electron chi connectivity index (χ2n) is 4.78. The van der Waals surface area contributed by atoms with Crippen LogP contribution in [-0.2, 0) is 13.2 Å². The van der Waals surface area contributed by atoms with Crippen molar-refractivity contribution in [2.45, 2.75) is 13.2 Å². The fourth-order valence-corrected chi connectivity index (χ4v) is 2.01. The van der Waals surface area contributed by atoms with Gasteiger partial charge in [-0.15, -0.1) is 0 Å². The van der Waals surface area contributed by atoms with Gasteiger partial charge in [0.05, 0.1) is 7.11 Å². The molecule has 0 heterocycles. The Kier molecular flexibility index (Phi) is 5.38. The maximum absolute atomic E-state index is 5.82. The lowest BCUT2D eigenvalue weighted by Gasteiger charge is -2.12. The largest absolute Gasteiger partial charge is 0.493 e. The lowest BCUT2D eigenvalue weighted by Crippen LogP contribution is -2.13. The van der Waals surface area contributed by atoms with Crippen molar-refractivity contribution < 1.29 is 9.47 Å². The van der Waals surface area contributed by atoms with Gasteiger partial charge in [-0.1, -0.05) is 24.3 Å². The van der Waals surface area contributed by atoms with Crippen LogP contribution >= 0.6 is 0 Å². The van der Waals surface area contributed by atoms with Crippen LogP contribution in [0.3, 0.4) is 0 Å². The first-order valence-corrected chi connectivity index (χ1v) is 6.99. The van der Waals surface area contributed by atoms with Crippen LogP contribution in [0.4, 0.5) is 0 Å². The second kappa shape index (κ2) is 7.47. The predicted octanol–water partition coefficient (Wildman–Crippen LogP) is 2.07. The molecule has 0 saturated heterocycles. The molecule has 2 rings (SSSR count). The minimum Gasteiger partial charge on any atom is -0.493 e. The van der Waals surface area contributed by atoms with Crippen molar-refractivity contribution in [3.63, 3.8) is 0 Å². The van der Waals surface area contributed by atoms with Gasteiger partial charge in [0, 0.05) is 19.2 Å². The van der Waals surface area contributed by atoms with Crippen LogP contribution in [0.25, 0.3) is 0 Å². The van der Waals surface area contributed by atoms with Crippen LogP contribution in [0.5, 0.6) is 11.5 Å². The summed E-state index contributed by atoms with van der Waals surface area (Å²) in [6.45, 7) is 0.995. The molecule has 0 amide bonds. The minimum atomic E-state index is 0.456. The third kappa shape index (κ3) is 3.77. The Morgan fingerprint density at radius 2 is 1.73 bits per heavy atom. The number of ether oxygens (including phenoxy) is 2. The average molecular weight is 299 g/mol. The van der Waals surface area contributed by atoms with Gasteiger partial charge >= 0.3 is 0 Å². The third-order valence-electron chi connectivity index (χ3n) is 3.35. The summed E-state index contributed by atoms with van der Waals surface area (Å²) in [6, 6.07) is 13.5.